The molecule has 1 saturated carbocycles. The molecular formula is C34H49N3O2. The second kappa shape index (κ2) is 12.9. The molecule has 1 aliphatic carbocycles. The number of benzene rings is 2. The van der Waals surface area contributed by atoms with Gasteiger partial charge in [-0.3, -0.25) is 4.79 Å². The lowest BCUT2D eigenvalue weighted by molar-refractivity contribution is -0.123. The molecule has 3 fully saturated rings. The van der Waals surface area contributed by atoms with Crippen molar-refractivity contribution >= 4 is 5.91 Å². The number of nitrogens with zero attached hydrogens (tertiary/aromatic N) is 2. The topological polar surface area (TPSA) is 44.8 Å². The SMILES string of the molecule is COc1cccc([C@]23CCN(CCCc4ccccc4)C[C@@]2(C)CC[C@@H](NC(=O)CCN2CCCCC2)C3)c1. The monoisotopic (exact) mass is 531 g/mol. The standard InChI is InChI=1S/C34H49N3O2/c1-33-18-16-30(35-32(38)17-23-36-20-7-4-8-21-36)26-34(33,29-14-9-15-31(25-29)39-2)19-24-37(27-33)22-10-13-28-11-5-3-6-12-28/h3,5-6,9,11-12,14-15,25,30H,4,7-8,10,13,16-24,26-27H2,1-2H3,(H,35,38)/t30-,33-,34-/m1/s1. The average Bonchev–Trinajstić information content (AvgIpc) is 2.97. The first-order valence-electron chi connectivity index (χ1n) is 15.4. The van der Waals surface area contributed by atoms with Crippen LogP contribution in [-0.2, 0) is 16.6 Å². The number of aryl methyl sites for hydroxylation is 1. The Morgan fingerprint density at radius 1 is 0.974 bits per heavy atom. The minimum Gasteiger partial charge on any atom is -0.497 e. The van der Waals surface area contributed by atoms with Crippen molar-refractivity contribution in [2.45, 2.75) is 82.6 Å². The van der Waals surface area contributed by atoms with Gasteiger partial charge in [0.2, 0.25) is 5.91 Å². The van der Waals surface area contributed by atoms with E-state index in [0.717, 1.165) is 77.1 Å². The molecule has 3 atom stereocenters. The van der Waals surface area contributed by atoms with Crippen LogP contribution in [-0.4, -0.2) is 68.1 Å². The molecular weight excluding hydrogens is 482 g/mol. The zero-order valence-electron chi connectivity index (χ0n) is 24.3. The zero-order chi connectivity index (χ0) is 27.1. The summed E-state index contributed by atoms with van der Waals surface area (Å²) >= 11 is 0. The van der Waals surface area contributed by atoms with Crippen LogP contribution in [0.3, 0.4) is 0 Å². The molecule has 0 aromatic heterocycles. The van der Waals surface area contributed by atoms with Crippen LogP contribution in [0, 0.1) is 5.41 Å². The van der Waals surface area contributed by atoms with E-state index in [1.54, 1.807) is 7.11 Å². The van der Waals surface area contributed by atoms with Crippen LogP contribution in [0.1, 0.15) is 75.8 Å². The van der Waals surface area contributed by atoms with E-state index in [4.69, 9.17) is 4.74 Å². The number of nitrogens with one attached hydrogen (secondary N) is 1. The molecule has 5 rings (SSSR count). The van der Waals surface area contributed by atoms with Crippen LogP contribution in [0.15, 0.2) is 54.6 Å². The van der Waals surface area contributed by atoms with Gasteiger partial charge in [-0.2, -0.15) is 0 Å². The molecule has 1 amide bonds. The van der Waals surface area contributed by atoms with E-state index in [2.05, 4.69) is 76.6 Å². The van der Waals surface area contributed by atoms with E-state index in [1.165, 1.54) is 36.8 Å². The highest BCUT2D eigenvalue weighted by molar-refractivity contribution is 5.76. The van der Waals surface area contributed by atoms with Gasteiger partial charge in [-0.25, -0.2) is 0 Å². The van der Waals surface area contributed by atoms with Crippen LogP contribution in [0.5, 0.6) is 5.75 Å². The van der Waals surface area contributed by atoms with Crippen molar-refractivity contribution in [1.29, 1.82) is 0 Å². The molecule has 212 valence electrons. The quantitative estimate of drug-likeness (QED) is 0.420. The largest absolute Gasteiger partial charge is 0.497 e. The summed E-state index contributed by atoms with van der Waals surface area (Å²) in [6.45, 7) is 9.09. The first kappa shape index (κ1) is 28.2. The number of hydrogen-bond acceptors (Lipinski definition) is 4. The summed E-state index contributed by atoms with van der Waals surface area (Å²) in [5, 5.41) is 3.49. The number of carbonyl (C=O) groups excluding carboxylic acids is 1. The van der Waals surface area contributed by atoms with Crippen molar-refractivity contribution in [3.05, 3.63) is 65.7 Å². The van der Waals surface area contributed by atoms with Crippen molar-refractivity contribution in [2.75, 3.05) is 46.4 Å². The van der Waals surface area contributed by atoms with Crippen molar-refractivity contribution in [3.63, 3.8) is 0 Å². The van der Waals surface area contributed by atoms with Crippen molar-refractivity contribution in [1.82, 2.24) is 15.1 Å². The van der Waals surface area contributed by atoms with Gasteiger partial charge in [-0.05, 0) is 106 Å². The minimum atomic E-state index is 0.0422. The van der Waals surface area contributed by atoms with Crippen LogP contribution in [0.2, 0.25) is 0 Å². The Morgan fingerprint density at radius 2 is 1.79 bits per heavy atom. The second-order valence-corrected chi connectivity index (χ2v) is 12.6. The Labute approximate surface area is 236 Å². The number of amides is 1. The molecule has 1 N–H and O–H groups in total. The summed E-state index contributed by atoms with van der Waals surface area (Å²) in [4.78, 5) is 18.2. The average molecular weight is 532 g/mol. The predicted octanol–water partition coefficient (Wildman–Crippen LogP) is 5.82. The third-order valence-electron chi connectivity index (χ3n) is 10.1. The molecule has 2 aliphatic heterocycles. The lowest BCUT2D eigenvalue weighted by Gasteiger charge is -2.60. The fourth-order valence-electron chi connectivity index (χ4n) is 7.80. The molecule has 2 saturated heterocycles. The second-order valence-electron chi connectivity index (χ2n) is 12.6. The number of rotatable bonds is 10. The van der Waals surface area contributed by atoms with Crippen LogP contribution >= 0.6 is 0 Å². The lowest BCUT2D eigenvalue weighted by atomic mass is 9.50. The van der Waals surface area contributed by atoms with E-state index in [0.29, 0.717) is 6.42 Å². The number of piperidine rings is 2. The van der Waals surface area contributed by atoms with Crippen molar-refractivity contribution < 1.29 is 9.53 Å². The number of likely N-dealkylation sites (tertiary alicyclic amines) is 2. The molecule has 39 heavy (non-hydrogen) atoms. The number of fused-ring (bicyclic) bond motifs is 1. The highest BCUT2D eigenvalue weighted by Gasteiger charge is 2.55. The first-order valence-corrected chi connectivity index (χ1v) is 15.4. The van der Waals surface area contributed by atoms with Crippen molar-refractivity contribution in [2.24, 2.45) is 5.41 Å². The normalized spacial score (nSPS) is 28.0. The minimum absolute atomic E-state index is 0.0422. The van der Waals surface area contributed by atoms with Gasteiger partial charge in [0, 0.05) is 31.0 Å². The maximum Gasteiger partial charge on any atom is 0.221 e. The predicted molar refractivity (Wildman–Crippen MR) is 159 cm³/mol. The maximum absolute atomic E-state index is 13.1. The van der Waals surface area contributed by atoms with Gasteiger partial charge >= 0.3 is 0 Å². The summed E-state index contributed by atoms with van der Waals surface area (Å²) in [7, 11) is 1.76. The fraction of sp³-hybridized carbons (Fsp3) is 0.618. The maximum atomic E-state index is 13.1. The molecule has 2 heterocycles. The molecule has 5 nitrogen and oxygen atoms in total. The molecule has 2 aromatic rings. The Hall–Kier alpha value is -2.37. The summed E-state index contributed by atoms with van der Waals surface area (Å²) in [6.07, 6.45) is 11.2. The number of ether oxygens (including phenoxy) is 1. The molecule has 2 aromatic carbocycles. The third-order valence-corrected chi connectivity index (χ3v) is 10.1. The molecule has 5 heteroatoms. The molecule has 0 bridgehead atoms. The van der Waals surface area contributed by atoms with Gasteiger partial charge < -0.3 is 19.9 Å². The summed E-state index contributed by atoms with van der Waals surface area (Å²) in [5.41, 5.74) is 3.03. The Kier molecular flexibility index (Phi) is 9.29. The van der Waals surface area contributed by atoms with Gasteiger partial charge in [0.1, 0.15) is 5.75 Å². The van der Waals surface area contributed by atoms with E-state index in [-0.39, 0.29) is 22.8 Å². The van der Waals surface area contributed by atoms with Crippen LogP contribution in [0.4, 0.5) is 0 Å². The van der Waals surface area contributed by atoms with Crippen molar-refractivity contribution in [3.8, 4) is 5.75 Å². The summed E-state index contributed by atoms with van der Waals surface area (Å²) in [5.74, 6) is 1.16. The van der Waals surface area contributed by atoms with Gasteiger partial charge in [-0.1, -0.05) is 55.8 Å². The zero-order valence-corrected chi connectivity index (χ0v) is 24.3. The highest BCUT2D eigenvalue weighted by atomic mass is 16.5. The van der Waals surface area contributed by atoms with Gasteiger partial charge in [0.05, 0.1) is 7.11 Å². The lowest BCUT2D eigenvalue weighted by Crippen LogP contribution is -2.61. The third kappa shape index (κ3) is 6.69. The van der Waals surface area contributed by atoms with Gasteiger partial charge in [0.25, 0.3) is 0 Å². The smallest absolute Gasteiger partial charge is 0.221 e. The van der Waals surface area contributed by atoms with Crippen LogP contribution < -0.4 is 10.1 Å². The van der Waals surface area contributed by atoms with Gasteiger partial charge in [-0.15, -0.1) is 0 Å². The molecule has 0 radical (unpaired) electrons. The highest BCUT2D eigenvalue weighted by Crippen LogP contribution is 2.57. The molecule has 0 spiro atoms. The summed E-state index contributed by atoms with van der Waals surface area (Å²) in [6, 6.07) is 19.9. The Bertz CT molecular complexity index is 1070. The van der Waals surface area contributed by atoms with Crippen LogP contribution in [0.25, 0.3) is 0 Å². The number of hydrogen-bond donors (Lipinski definition) is 1. The Balaban J connectivity index is 1.26. The van der Waals surface area contributed by atoms with E-state index < -0.39 is 0 Å². The first-order chi connectivity index (χ1) is 19.0. The van der Waals surface area contributed by atoms with Gasteiger partial charge in [0.15, 0.2) is 0 Å². The molecule has 3 aliphatic rings. The number of carbonyl (C=O) groups is 1. The number of methoxy groups -OCH3 is 1. The fourth-order valence-corrected chi connectivity index (χ4v) is 7.80. The summed E-state index contributed by atoms with van der Waals surface area (Å²) < 4.78 is 5.67. The van der Waals surface area contributed by atoms with E-state index >= 15 is 0 Å². The van der Waals surface area contributed by atoms with E-state index in [1.807, 2.05) is 0 Å². The Morgan fingerprint density at radius 3 is 2.59 bits per heavy atom. The molecule has 0 unspecified atom stereocenters. The van der Waals surface area contributed by atoms with E-state index in [9.17, 15) is 4.79 Å².